The lowest BCUT2D eigenvalue weighted by Crippen LogP contribution is -2.50. The van der Waals surface area contributed by atoms with Gasteiger partial charge in [-0.05, 0) is 37.0 Å². The largest absolute Gasteiger partial charge is 0.419 e. The van der Waals surface area contributed by atoms with Gasteiger partial charge in [-0.2, -0.15) is 0 Å². The maximum absolute atomic E-state index is 11.7. The second-order valence-corrected chi connectivity index (χ2v) is 5.08. The van der Waals surface area contributed by atoms with Crippen molar-refractivity contribution in [1.29, 1.82) is 0 Å². The summed E-state index contributed by atoms with van der Waals surface area (Å²) in [5.41, 5.74) is 0. The Morgan fingerprint density at radius 1 is 1.41 bits per heavy atom. The number of carbonyl (C=O) groups excluding carboxylic acids is 1. The van der Waals surface area contributed by atoms with Crippen molar-refractivity contribution in [2.24, 2.45) is 17.8 Å². The smallest absolute Gasteiger partial charge is 0.414 e. The Morgan fingerprint density at radius 3 is 2.59 bits per heavy atom. The minimum atomic E-state index is -0.278. The number of fused-ring (bicyclic) bond motifs is 2. The number of likely N-dealkylation sites (tertiary alicyclic amines) is 1. The molecule has 2 fully saturated rings. The molecule has 1 aliphatic heterocycles. The molecule has 4 nitrogen and oxygen atoms in total. The zero-order valence-electron chi connectivity index (χ0n) is 10.2. The van der Waals surface area contributed by atoms with Crippen LogP contribution >= 0.6 is 0 Å². The van der Waals surface area contributed by atoms with Crippen LogP contribution in [0.3, 0.4) is 0 Å². The van der Waals surface area contributed by atoms with Crippen LogP contribution in [-0.2, 0) is 4.74 Å². The monoisotopic (exact) mass is 239 g/mol. The minimum Gasteiger partial charge on any atom is -0.419 e. The van der Waals surface area contributed by atoms with Crippen molar-refractivity contribution < 1.29 is 14.6 Å². The average molecular weight is 239 g/mol. The number of amides is 1. The van der Waals surface area contributed by atoms with Crippen molar-refractivity contribution >= 4 is 6.09 Å². The maximum atomic E-state index is 11.7. The topological polar surface area (TPSA) is 49.8 Å². The molecule has 4 heteroatoms. The number of ether oxygens (including phenoxy) is 1. The molecule has 2 atom stereocenters. The van der Waals surface area contributed by atoms with Crippen molar-refractivity contribution in [1.82, 2.24) is 4.90 Å². The van der Waals surface area contributed by atoms with Gasteiger partial charge in [0.2, 0.25) is 0 Å². The highest BCUT2D eigenvalue weighted by atomic mass is 16.5. The van der Waals surface area contributed by atoms with Crippen LogP contribution in [0, 0.1) is 17.8 Å². The van der Waals surface area contributed by atoms with E-state index in [0.29, 0.717) is 17.8 Å². The van der Waals surface area contributed by atoms with Crippen LogP contribution in [0.5, 0.6) is 0 Å². The number of piperidine rings is 1. The fourth-order valence-electron chi connectivity index (χ4n) is 3.46. The van der Waals surface area contributed by atoms with E-state index in [4.69, 9.17) is 9.84 Å². The van der Waals surface area contributed by atoms with Gasteiger partial charge in [-0.3, -0.25) is 0 Å². The van der Waals surface area contributed by atoms with Gasteiger partial charge in [-0.25, -0.2) is 4.79 Å². The summed E-state index contributed by atoms with van der Waals surface area (Å²) in [7, 11) is 0. The third-order valence-corrected chi connectivity index (χ3v) is 4.18. The van der Waals surface area contributed by atoms with Crippen molar-refractivity contribution in [2.45, 2.75) is 25.7 Å². The van der Waals surface area contributed by atoms with E-state index in [-0.39, 0.29) is 12.7 Å². The van der Waals surface area contributed by atoms with Crippen molar-refractivity contribution in [3.05, 3.63) is 12.8 Å². The van der Waals surface area contributed by atoms with Gasteiger partial charge in [-0.15, -0.1) is 0 Å². The van der Waals surface area contributed by atoms with Gasteiger partial charge < -0.3 is 14.7 Å². The zero-order valence-corrected chi connectivity index (χ0v) is 10.2. The van der Waals surface area contributed by atoms with Crippen molar-refractivity contribution in [3.8, 4) is 0 Å². The molecular formula is C13H21NO3. The van der Waals surface area contributed by atoms with Crippen molar-refractivity contribution in [3.63, 3.8) is 0 Å². The highest BCUT2D eigenvalue weighted by Crippen LogP contribution is 2.41. The van der Waals surface area contributed by atoms with Gasteiger partial charge >= 0.3 is 6.09 Å². The third-order valence-electron chi connectivity index (χ3n) is 4.18. The van der Waals surface area contributed by atoms with Crippen LogP contribution in [0.1, 0.15) is 25.7 Å². The maximum Gasteiger partial charge on any atom is 0.414 e. The molecule has 1 saturated carbocycles. The average Bonchev–Trinajstić information content (AvgIpc) is 2.29. The van der Waals surface area contributed by atoms with Crippen LogP contribution in [0.2, 0.25) is 0 Å². The molecule has 17 heavy (non-hydrogen) atoms. The van der Waals surface area contributed by atoms with Crippen LogP contribution in [0.4, 0.5) is 4.79 Å². The normalized spacial score (nSPS) is 32.1. The summed E-state index contributed by atoms with van der Waals surface area (Å²) < 4.78 is 4.84. The molecule has 1 heterocycles. The molecule has 0 spiro atoms. The van der Waals surface area contributed by atoms with Gasteiger partial charge in [0.15, 0.2) is 0 Å². The van der Waals surface area contributed by atoms with Crippen LogP contribution in [0.15, 0.2) is 12.8 Å². The summed E-state index contributed by atoms with van der Waals surface area (Å²) >= 11 is 0. The van der Waals surface area contributed by atoms with E-state index >= 15 is 0 Å². The van der Waals surface area contributed by atoms with E-state index < -0.39 is 0 Å². The van der Waals surface area contributed by atoms with Crippen LogP contribution < -0.4 is 0 Å². The predicted molar refractivity (Wildman–Crippen MR) is 64.3 cm³/mol. The first-order chi connectivity index (χ1) is 8.26. The third kappa shape index (κ3) is 2.63. The lowest BCUT2D eigenvalue weighted by atomic mass is 9.68. The summed E-state index contributed by atoms with van der Waals surface area (Å²) in [5, 5.41) is 9.11. The standard InChI is InChI=1S/C13H21NO3/c1-2-17-13(16)14-8-10-4-3-5-11(9-14)12(10)6-7-15/h2,10-12,15H,1,3-9H2. The Bertz CT molecular complexity index is 278. The summed E-state index contributed by atoms with van der Waals surface area (Å²) in [6.45, 7) is 5.21. The highest BCUT2D eigenvalue weighted by molar-refractivity contribution is 5.68. The van der Waals surface area contributed by atoms with Crippen LogP contribution in [0.25, 0.3) is 0 Å². The number of hydrogen-bond acceptors (Lipinski definition) is 3. The molecule has 0 radical (unpaired) electrons. The predicted octanol–water partition coefficient (Wildman–Crippen LogP) is 2.00. The zero-order chi connectivity index (χ0) is 12.3. The fraction of sp³-hybridized carbons (Fsp3) is 0.769. The lowest BCUT2D eigenvalue weighted by Gasteiger charge is -2.46. The number of hydrogen-bond donors (Lipinski definition) is 1. The van der Waals surface area contributed by atoms with E-state index in [1.54, 1.807) is 4.90 Å². The molecule has 1 saturated heterocycles. The Kier molecular flexibility index (Phi) is 4.05. The van der Waals surface area contributed by atoms with E-state index in [0.717, 1.165) is 19.5 Å². The number of aliphatic hydroxyl groups excluding tert-OH is 1. The molecule has 2 unspecified atom stereocenters. The second kappa shape index (κ2) is 5.54. The molecule has 2 bridgehead atoms. The summed E-state index contributed by atoms with van der Waals surface area (Å²) in [6.07, 6.45) is 5.37. The molecule has 1 N–H and O–H groups in total. The summed E-state index contributed by atoms with van der Waals surface area (Å²) in [6, 6.07) is 0. The molecule has 0 aromatic carbocycles. The lowest BCUT2D eigenvalue weighted by molar-refractivity contribution is 0.0142. The Morgan fingerprint density at radius 2 is 2.06 bits per heavy atom. The van der Waals surface area contributed by atoms with Crippen molar-refractivity contribution in [2.75, 3.05) is 19.7 Å². The van der Waals surface area contributed by atoms with Gasteiger partial charge in [0.05, 0.1) is 6.26 Å². The number of aliphatic hydroxyl groups is 1. The molecule has 2 aliphatic rings. The van der Waals surface area contributed by atoms with Gasteiger partial charge in [0.25, 0.3) is 0 Å². The quantitative estimate of drug-likeness (QED) is 0.766. The molecular weight excluding hydrogens is 218 g/mol. The summed E-state index contributed by atoms with van der Waals surface area (Å²) in [4.78, 5) is 13.5. The molecule has 0 aromatic rings. The van der Waals surface area contributed by atoms with E-state index in [1.807, 2.05) is 0 Å². The van der Waals surface area contributed by atoms with E-state index in [9.17, 15) is 4.79 Å². The van der Waals surface area contributed by atoms with E-state index in [2.05, 4.69) is 6.58 Å². The molecule has 0 aromatic heterocycles. The number of rotatable bonds is 3. The first kappa shape index (κ1) is 12.4. The Hall–Kier alpha value is -1.03. The SMILES string of the molecule is C=COC(=O)N1CC2CCCC(C1)C2CCO. The number of carbonyl (C=O) groups is 1. The first-order valence-corrected chi connectivity index (χ1v) is 6.43. The van der Waals surface area contributed by atoms with Gasteiger partial charge in [0, 0.05) is 19.7 Å². The van der Waals surface area contributed by atoms with Gasteiger partial charge in [0.1, 0.15) is 0 Å². The highest BCUT2D eigenvalue weighted by Gasteiger charge is 2.40. The minimum absolute atomic E-state index is 0.259. The first-order valence-electron chi connectivity index (χ1n) is 6.43. The molecule has 2 rings (SSSR count). The fourth-order valence-corrected chi connectivity index (χ4v) is 3.46. The Balaban J connectivity index is 2.00. The van der Waals surface area contributed by atoms with Crippen LogP contribution in [-0.4, -0.2) is 35.8 Å². The second-order valence-electron chi connectivity index (χ2n) is 5.08. The molecule has 1 aliphatic carbocycles. The van der Waals surface area contributed by atoms with E-state index in [1.165, 1.54) is 25.5 Å². The molecule has 96 valence electrons. The summed E-state index contributed by atoms with van der Waals surface area (Å²) in [5.74, 6) is 1.65. The Labute approximate surface area is 102 Å². The number of nitrogens with zero attached hydrogens (tertiary/aromatic N) is 1. The van der Waals surface area contributed by atoms with Gasteiger partial charge in [-0.1, -0.05) is 13.0 Å². The molecule has 1 amide bonds.